The summed E-state index contributed by atoms with van der Waals surface area (Å²) in [6.07, 6.45) is 4.80. The van der Waals surface area contributed by atoms with Gasteiger partial charge in [0.1, 0.15) is 39.2 Å². The quantitative estimate of drug-likeness (QED) is 0.682. The van der Waals surface area contributed by atoms with Crippen LogP contribution in [0.5, 0.6) is 0 Å². The first-order valence-electron chi connectivity index (χ1n) is 4.78. The molecule has 0 aromatic carbocycles. The van der Waals surface area contributed by atoms with Crippen LogP contribution in [0.3, 0.4) is 0 Å². The third-order valence-corrected chi connectivity index (χ3v) is 3.76. The van der Waals surface area contributed by atoms with Crippen LogP contribution in [-0.4, -0.2) is 37.6 Å². The standard InChI is InChI=1S/C8H14N6Si/c1-15(2,3)8-10-5-12-14(8)7-13-6-9-4-11-13/h4-6H,7H2,1-3H3. The molecular weight excluding hydrogens is 208 g/mol. The van der Waals surface area contributed by atoms with Crippen molar-refractivity contribution in [2.75, 3.05) is 0 Å². The highest BCUT2D eigenvalue weighted by molar-refractivity contribution is 6.87. The molecule has 0 bridgehead atoms. The highest BCUT2D eigenvalue weighted by Crippen LogP contribution is 1.99. The molecule has 0 saturated carbocycles. The fourth-order valence-corrected chi connectivity index (χ4v) is 2.74. The molecule has 6 nitrogen and oxygen atoms in total. The molecule has 0 fully saturated rings. The van der Waals surface area contributed by atoms with Gasteiger partial charge in [0.05, 0.1) is 0 Å². The first-order chi connectivity index (χ1) is 7.07. The van der Waals surface area contributed by atoms with Crippen molar-refractivity contribution >= 4 is 13.5 Å². The van der Waals surface area contributed by atoms with Crippen LogP contribution in [0.4, 0.5) is 0 Å². The van der Waals surface area contributed by atoms with Gasteiger partial charge in [-0.1, -0.05) is 19.6 Å². The smallest absolute Gasteiger partial charge is 0.137 e. The van der Waals surface area contributed by atoms with E-state index in [1.54, 1.807) is 17.3 Å². The minimum absolute atomic E-state index is 0.583. The third-order valence-electron chi connectivity index (χ3n) is 2.03. The summed E-state index contributed by atoms with van der Waals surface area (Å²) in [5, 5.41) is 8.26. The molecule has 80 valence electrons. The van der Waals surface area contributed by atoms with Gasteiger partial charge in [0.15, 0.2) is 0 Å². The highest BCUT2D eigenvalue weighted by atomic mass is 28.3. The predicted octanol–water partition coefficient (Wildman–Crippen LogP) is -0.0794. The fraction of sp³-hybridized carbons (Fsp3) is 0.500. The Hall–Kier alpha value is -1.50. The molecule has 2 rings (SSSR count). The highest BCUT2D eigenvalue weighted by Gasteiger charge is 2.23. The second-order valence-electron chi connectivity index (χ2n) is 4.41. The molecular formula is C8H14N6Si. The van der Waals surface area contributed by atoms with Crippen LogP contribution in [0.1, 0.15) is 0 Å². The number of rotatable bonds is 3. The molecule has 0 saturated heterocycles. The van der Waals surface area contributed by atoms with E-state index in [0.29, 0.717) is 6.67 Å². The Morgan fingerprint density at radius 1 is 1.20 bits per heavy atom. The molecule has 0 spiro atoms. The molecule has 0 aliphatic rings. The first-order valence-corrected chi connectivity index (χ1v) is 8.28. The van der Waals surface area contributed by atoms with Crippen LogP contribution in [0.15, 0.2) is 19.0 Å². The van der Waals surface area contributed by atoms with E-state index in [1.807, 2.05) is 4.68 Å². The van der Waals surface area contributed by atoms with Gasteiger partial charge in [-0.3, -0.25) is 0 Å². The van der Waals surface area contributed by atoms with Gasteiger partial charge < -0.3 is 0 Å². The maximum absolute atomic E-state index is 4.32. The van der Waals surface area contributed by atoms with E-state index in [-0.39, 0.29) is 0 Å². The van der Waals surface area contributed by atoms with Gasteiger partial charge in [-0.2, -0.15) is 10.2 Å². The molecule has 2 aromatic heterocycles. The lowest BCUT2D eigenvalue weighted by molar-refractivity contribution is 0.510. The Labute approximate surface area is 89.0 Å². The zero-order chi connectivity index (χ0) is 10.9. The Kier molecular flexibility index (Phi) is 2.39. The van der Waals surface area contributed by atoms with Crippen molar-refractivity contribution in [2.24, 2.45) is 0 Å². The van der Waals surface area contributed by atoms with Gasteiger partial charge in [-0.05, 0) is 0 Å². The van der Waals surface area contributed by atoms with Gasteiger partial charge in [-0.15, -0.1) is 0 Å². The van der Waals surface area contributed by atoms with Crippen LogP contribution in [0.25, 0.3) is 0 Å². The maximum atomic E-state index is 4.32. The number of nitrogens with zero attached hydrogens (tertiary/aromatic N) is 6. The van der Waals surface area contributed by atoms with E-state index >= 15 is 0 Å². The van der Waals surface area contributed by atoms with Gasteiger partial charge >= 0.3 is 0 Å². The second kappa shape index (κ2) is 3.57. The van der Waals surface area contributed by atoms with Gasteiger partial charge in [0.2, 0.25) is 0 Å². The van der Waals surface area contributed by atoms with E-state index < -0.39 is 8.07 Å². The summed E-state index contributed by atoms with van der Waals surface area (Å²) >= 11 is 0. The van der Waals surface area contributed by atoms with E-state index in [2.05, 4.69) is 39.8 Å². The Balaban J connectivity index is 2.26. The van der Waals surface area contributed by atoms with Crippen molar-refractivity contribution in [3.63, 3.8) is 0 Å². The SMILES string of the molecule is C[Si](C)(C)c1ncnn1Cn1cncn1. The van der Waals surface area contributed by atoms with Gasteiger partial charge in [-0.25, -0.2) is 19.3 Å². The molecule has 0 aliphatic carbocycles. The summed E-state index contributed by atoms with van der Waals surface area (Å²) in [6.45, 7) is 7.32. The Morgan fingerprint density at radius 3 is 2.60 bits per heavy atom. The minimum Gasteiger partial charge on any atom is -0.233 e. The van der Waals surface area contributed by atoms with E-state index in [4.69, 9.17) is 0 Å². The number of aromatic nitrogens is 6. The van der Waals surface area contributed by atoms with Crippen LogP contribution in [0, 0.1) is 0 Å². The topological polar surface area (TPSA) is 61.4 Å². The van der Waals surface area contributed by atoms with Crippen molar-refractivity contribution < 1.29 is 0 Å². The van der Waals surface area contributed by atoms with Crippen LogP contribution < -0.4 is 5.45 Å². The molecule has 0 N–H and O–H groups in total. The molecule has 0 amide bonds. The largest absolute Gasteiger partial charge is 0.233 e. The Morgan fingerprint density at radius 2 is 2.00 bits per heavy atom. The molecule has 15 heavy (non-hydrogen) atoms. The average molecular weight is 222 g/mol. The molecule has 0 aliphatic heterocycles. The van der Waals surface area contributed by atoms with Crippen molar-refractivity contribution in [1.82, 2.24) is 29.5 Å². The van der Waals surface area contributed by atoms with Crippen molar-refractivity contribution in [3.8, 4) is 0 Å². The second-order valence-corrected chi connectivity index (χ2v) is 9.36. The zero-order valence-electron chi connectivity index (χ0n) is 9.12. The van der Waals surface area contributed by atoms with Crippen LogP contribution in [-0.2, 0) is 6.67 Å². The first kappa shape index (κ1) is 10.0. The lowest BCUT2D eigenvalue weighted by Crippen LogP contribution is -2.45. The monoisotopic (exact) mass is 222 g/mol. The summed E-state index contributed by atoms with van der Waals surface area (Å²) in [5.41, 5.74) is 1.08. The maximum Gasteiger partial charge on any atom is 0.137 e. The van der Waals surface area contributed by atoms with E-state index in [0.717, 1.165) is 5.45 Å². The number of hydrogen-bond acceptors (Lipinski definition) is 4. The third kappa shape index (κ3) is 2.12. The zero-order valence-corrected chi connectivity index (χ0v) is 10.1. The lowest BCUT2D eigenvalue weighted by atomic mass is 11.0. The molecule has 0 unspecified atom stereocenters. The fourth-order valence-electron chi connectivity index (χ4n) is 1.39. The summed E-state index contributed by atoms with van der Waals surface area (Å²) in [4.78, 5) is 8.22. The minimum atomic E-state index is -1.43. The molecule has 2 heterocycles. The summed E-state index contributed by atoms with van der Waals surface area (Å²) in [7, 11) is -1.43. The lowest BCUT2D eigenvalue weighted by Gasteiger charge is -2.15. The van der Waals surface area contributed by atoms with Crippen molar-refractivity contribution in [1.29, 1.82) is 0 Å². The molecule has 2 aromatic rings. The Bertz CT molecular complexity index is 426. The average Bonchev–Trinajstić information content (AvgIpc) is 2.73. The predicted molar refractivity (Wildman–Crippen MR) is 58.4 cm³/mol. The van der Waals surface area contributed by atoms with E-state index in [1.165, 1.54) is 6.33 Å². The van der Waals surface area contributed by atoms with E-state index in [9.17, 15) is 0 Å². The molecule has 0 radical (unpaired) electrons. The molecule has 7 heteroatoms. The summed E-state index contributed by atoms with van der Waals surface area (Å²) < 4.78 is 3.62. The van der Waals surface area contributed by atoms with Gasteiger partial charge in [0, 0.05) is 0 Å². The van der Waals surface area contributed by atoms with Crippen molar-refractivity contribution in [2.45, 2.75) is 26.3 Å². The van der Waals surface area contributed by atoms with Crippen LogP contribution in [0.2, 0.25) is 19.6 Å². The summed E-state index contributed by atoms with van der Waals surface area (Å²) in [6, 6.07) is 0. The summed E-state index contributed by atoms with van der Waals surface area (Å²) in [5.74, 6) is 0. The normalized spacial score (nSPS) is 11.9. The van der Waals surface area contributed by atoms with Crippen LogP contribution >= 0.6 is 0 Å². The molecule has 0 atom stereocenters. The number of hydrogen-bond donors (Lipinski definition) is 0. The van der Waals surface area contributed by atoms with Gasteiger partial charge in [0.25, 0.3) is 0 Å². The van der Waals surface area contributed by atoms with Crippen molar-refractivity contribution in [3.05, 3.63) is 19.0 Å².